The van der Waals surface area contributed by atoms with Gasteiger partial charge in [0.05, 0.1) is 5.57 Å². The van der Waals surface area contributed by atoms with Crippen molar-refractivity contribution in [2.75, 3.05) is 14.1 Å². The number of carbonyl (C=O) groups is 2. The van der Waals surface area contributed by atoms with Crippen LogP contribution in [0.25, 0.3) is 0 Å². The van der Waals surface area contributed by atoms with Crippen LogP contribution in [0, 0.1) is 0 Å². The molecule has 0 rings (SSSR count). The van der Waals surface area contributed by atoms with E-state index in [1.807, 2.05) is 6.92 Å². The van der Waals surface area contributed by atoms with E-state index in [9.17, 15) is 9.59 Å². The molecule has 0 saturated heterocycles. The van der Waals surface area contributed by atoms with Crippen LogP contribution in [0.15, 0.2) is 11.3 Å². The molecular formula is C9H15NO3. The molecule has 0 saturated carbocycles. The molecular weight excluding hydrogens is 170 g/mol. The normalized spacial score (nSPS) is 11.9. The molecule has 0 aliphatic heterocycles. The lowest BCUT2D eigenvalue weighted by Crippen LogP contribution is -2.17. The third-order valence-electron chi connectivity index (χ3n) is 1.77. The SMILES string of the molecule is CCC(=C(CC=O)C(=O)O)N(C)C. The minimum Gasteiger partial charge on any atom is -0.478 e. The maximum Gasteiger partial charge on any atom is 0.333 e. The van der Waals surface area contributed by atoms with Gasteiger partial charge in [-0.1, -0.05) is 6.92 Å². The van der Waals surface area contributed by atoms with Crippen molar-refractivity contribution in [1.29, 1.82) is 0 Å². The lowest BCUT2D eigenvalue weighted by atomic mass is 10.1. The van der Waals surface area contributed by atoms with E-state index in [1.54, 1.807) is 19.0 Å². The van der Waals surface area contributed by atoms with Crippen molar-refractivity contribution in [3.63, 3.8) is 0 Å². The van der Waals surface area contributed by atoms with Gasteiger partial charge in [0.2, 0.25) is 0 Å². The van der Waals surface area contributed by atoms with Gasteiger partial charge in [0.25, 0.3) is 0 Å². The molecule has 0 radical (unpaired) electrons. The number of aliphatic carboxylic acids is 1. The molecule has 0 unspecified atom stereocenters. The number of hydrogen-bond donors (Lipinski definition) is 1. The van der Waals surface area contributed by atoms with Gasteiger partial charge in [0.15, 0.2) is 0 Å². The molecule has 1 N–H and O–H groups in total. The van der Waals surface area contributed by atoms with Crippen LogP contribution < -0.4 is 0 Å². The summed E-state index contributed by atoms with van der Waals surface area (Å²) in [6.45, 7) is 1.86. The van der Waals surface area contributed by atoms with Gasteiger partial charge in [0.1, 0.15) is 6.29 Å². The first-order chi connectivity index (χ1) is 6.04. The fourth-order valence-electron chi connectivity index (χ4n) is 1.21. The molecule has 0 aromatic rings. The molecule has 4 nitrogen and oxygen atoms in total. The summed E-state index contributed by atoms with van der Waals surface area (Å²) >= 11 is 0. The topological polar surface area (TPSA) is 57.6 Å². The average Bonchev–Trinajstić information content (AvgIpc) is 2.03. The summed E-state index contributed by atoms with van der Waals surface area (Å²) < 4.78 is 0. The summed E-state index contributed by atoms with van der Waals surface area (Å²) in [6.07, 6.45) is 1.20. The van der Waals surface area contributed by atoms with Crippen molar-refractivity contribution in [3.05, 3.63) is 11.3 Å². The highest BCUT2D eigenvalue weighted by molar-refractivity contribution is 5.90. The van der Waals surface area contributed by atoms with E-state index >= 15 is 0 Å². The van der Waals surface area contributed by atoms with Crippen molar-refractivity contribution in [3.8, 4) is 0 Å². The number of carboxylic acid groups (broad SMARTS) is 1. The van der Waals surface area contributed by atoms with Crippen LogP contribution >= 0.6 is 0 Å². The Hall–Kier alpha value is -1.32. The van der Waals surface area contributed by atoms with Gasteiger partial charge in [-0.2, -0.15) is 0 Å². The first kappa shape index (κ1) is 11.7. The molecule has 74 valence electrons. The van der Waals surface area contributed by atoms with Crippen molar-refractivity contribution >= 4 is 12.3 Å². The number of aldehydes is 1. The lowest BCUT2D eigenvalue weighted by molar-refractivity contribution is -0.133. The Morgan fingerprint density at radius 2 is 2.00 bits per heavy atom. The van der Waals surface area contributed by atoms with Gasteiger partial charge in [-0.3, -0.25) is 0 Å². The Morgan fingerprint density at radius 1 is 1.46 bits per heavy atom. The third-order valence-corrected chi connectivity index (χ3v) is 1.77. The Bertz CT molecular complexity index is 231. The molecule has 13 heavy (non-hydrogen) atoms. The van der Waals surface area contributed by atoms with Crippen LogP contribution in [0.1, 0.15) is 19.8 Å². The zero-order valence-electron chi connectivity index (χ0n) is 8.20. The smallest absolute Gasteiger partial charge is 0.333 e. The standard InChI is InChI=1S/C9H15NO3/c1-4-8(10(2)3)7(5-6-11)9(12)13/h6H,4-5H2,1-3H3,(H,12,13). The highest BCUT2D eigenvalue weighted by atomic mass is 16.4. The predicted octanol–water partition coefficient (Wildman–Crippen LogP) is 0.886. The molecule has 0 aliphatic carbocycles. The van der Waals surface area contributed by atoms with Crippen molar-refractivity contribution in [2.45, 2.75) is 19.8 Å². The summed E-state index contributed by atoms with van der Waals surface area (Å²) in [4.78, 5) is 22.7. The zero-order valence-corrected chi connectivity index (χ0v) is 8.20. The van der Waals surface area contributed by atoms with Crippen LogP contribution in [-0.2, 0) is 9.59 Å². The van der Waals surface area contributed by atoms with Gasteiger partial charge >= 0.3 is 5.97 Å². The van der Waals surface area contributed by atoms with Crippen LogP contribution in [-0.4, -0.2) is 36.4 Å². The average molecular weight is 185 g/mol. The molecule has 0 atom stereocenters. The molecule has 0 amide bonds. The van der Waals surface area contributed by atoms with Crippen LogP contribution in [0.3, 0.4) is 0 Å². The predicted molar refractivity (Wildman–Crippen MR) is 49.3 cm³/mol. The fraction of sp³-hybridized carbons (Fsp3) is 0.556. The van der Waals surface area contributed by atoms with Crippen LogP contribution in [0.5, 0.6) is 0 Å². The Kier molecular flexibility index (Phi) is 4.80. The van der Waals surface area contributed by atoms with E-state index in [4.69, 9.17) is 5.11 Å². The van der Waals surface area contributed by atoms with E-state index in [0.717, 1.165) is 0 Å². The van der Waals surface area contributed by atoms with Gasteiger partial charge in [0, 0.05) is 26.2 Å². The number of nitrogens with zero attached hydrogens (tertiary/aromatic N) is 1. The fourth-order valence-corrected chi connectivity index (χ4v) is 1.21. The quantitative estimate of drug-likeness (QED) is 0.510. The van der Waals surface area contributed by atoms with Crippen molar-refractivity contribution in [2.24, 2.45) is 0 Å². The highest BCUT2D eigenvalue weighted by Gasteiger charge is 2.13. The van der Waals surface area contributed by atoms with Gasteiger partial charge < -0.3 is 14.8 Å². The molecule has 0 fully saturated rings. The second-order valence-electron chi connectivity index (χ2n) is 2.85. The molecule has 0 aromatic heterocycles. The molecule has 4 heteroatoms. The van der Waals surface area contributed by atoms with E-state index in [0.29, 0.717) is 18.4 Å². The molecule has 0 bridgehead atoms. The Labute approximate surface area is 77.8 Å². The van der Waals surface area contributed by atoms with Crippen molar-refractivity contribution < 1.29 is 14.7 Å². The third kappa shape index (κ3) is 3.27. The van der Waals surface area contributed by atoms with E-state index in [-0.39, 0.29) is 12.0 Å². The molecule has 0 spiro atoms. The summed E-state index contributed by atoms with van der Waals surface area (Å²) in [6, 6.07) is 0. The van der Waals surface area contributed by atoms with E-state index < -0.39 is 5.97 Å². The summed E-state index contributed by atoms with van der Waals surface area (Å²) in [5.74, 6) is -1.02. The number of hydrogen-bond acceptors (Lipinski definition) is 3. The summed E-state index contributed by atoms with van der Waals surface area (Å²) in [5, 5.41) is 8.81. The maximum absolute atomic E-state index is 10.8. The molecule has 0 heterocycles. The number of carbonyl (C=O) groups excluding carboxylic acids is 1. The second kappa shape index (κ2) is 5.35. The largest absolute Gasteiger partial charge is 0.478 e. The first-order valence-electron chi connectivity index (χ1n) is 4.10. The van der Waals surface area contributed by atoms with Gasteiger partial charge in [-0.25, -0.2) is 4.79 Å². The number of carboxylic acids is 1. The van der Waals surface area contributed by atoms with Crippen molar-refractivity contribution in [1.82, 2.24) is 4.90 Å². The Morgan fingerprint density at radius 3 is 2.23 bits per heavy atom. The minimum absolute atomic E-state index is 0.0311. The minimum atomic E-state index is -1.02. The highest BCUT2D eigenvalue weighted by Crippen LogP contribution is 2.13. The molecule has 0 aromatic carbocycles. The maximum atomic E-state index is 10.8. The monoisotopic (exact) mass is 185 g/mol. The van der Waals surface area contributed by atoms with E-state index in [2.05, 4.69) is 0 Å². The van der Waals surface area contributed by atoms with Crippen LogP contribution in [0.4, 0.5) is 0 Å². The summed E-state index contributed by atoms with van der Waals surface area (Å²) in [7, 11) is 3.54. The Balaban J connectivity index is 4.99. The first-order valence-corrected chi connectivity index (χ1v) is 4.10. The lowest BCUT2D eigenvalue weighted by Gasteiger charge is -2.18. The van der Waals surface area contributed by atoms with Gasteiger partial charge in [-0.05, 0) is 6.42 Å². The number of allylic oxidation sites excluding steroid dienone is 1. The summed E-state index contributed by atoms with van der Waals surface area (Å²) in [5.41, 5.74) is 0.877. The van der Waals surface area contributed by atoms with Gasteiger partial charge in [-0.15, -0.1) is 0 Å². The van der Waals surface area contributed by atoms with Crippen LogP contribution in [0.2, 0.25) is 0 Å². The second-order valence-corrected chi connectivity index (χ2v) is 2.85. The number of rotatable bonds is 5. The zero-order chi connectivity index (χ0) is 10.4. The van der Waals surface area contributed by atoms with E-state index in [1.165, 1.54) is 0 Å². The molecule has 0 aliphatic rings.